The summed E-state index contributed by atoms with van der Waals surface area (Å²) in [6.45, 7) is 9.10. The van der Waals surface area contributed by atoms with Crippen LogP contribution in [0.3, 0.4) is 0 Å². The van der Waals surface area contributed by atoms with E-state index in [2.05, 4.69) is 36.2 Å². The number of carbonyl (C=O) groups excluding carboxylic acids is 11. The minimum absolute atomic E-state index is 0.00362. The summed E-state index contributed by atoms with van der Waals surface area (Å²) < 4.78 is 42.5. The number of fused-ring (bicyclic) bond motifs is 4. The molecule has 0 radical (unpaired) electrons. The highest BCUT2D eigenvalue weighted by molar-refractivity contribution is 6.37. The summed E-state index contributed by atoms with van der Waals surface area (Å²) in [5, 5.41) is 39.1. The number of nitrogens with zero attached hydrogens (tertiary/aromatic N) is 13. The van der Waals surface area contributed by atoms with Crippen LogP contribution in [0.5, 0.6) is 23.0 Å². The van der Waals surface area contributed by atoms with Crippen LogP contribution in [0.25, 0.3) is 0 Å². The Hall–Kier alpha value is -14.1. The number of halogens is 4. The van der Waals surface area contributed by atoms with E-state index in [4.69, 9.17) is 99.1 Å². The first-order chi connectivity index (χ1) is 63.5. The molecular formula is C91H91Cl4N15O22. The molecule has 690 valence electrons. The average molecular weight is 1890 g/mol. The molecule has 5 N–H and O–H groups in total. The number of ether oxygens (including phenoxy) is 6. The number of rotatable bonds is 25. The molecule has 0 saturated carbocycles. The van der Waals surface area contributed by atoms with E-state index in [1.165, 1.54) is 68.7 Å². The number of aryl methyl sites for hydroxylation is 2. The lowest BCUT2D eigenvalue weighted by molar-refractivity contribution is -0.141. The van der Waals surface area contributed by atoms with E-state index in [1.807, 2.05) is 67.6 Å². The number of hydrogen-bond acceptors (Lipinski definition) is 27. The van der Waals surface area contributed by atoms with Gasteiger partial charge in [0.1, 0.15) is 94.9 Å². The van der Waals surface area contributed by atoms with E-state index in [1.54, 1.807) is 107 Å². The molecule has 15 rings (SSSR count). The zero-order valence-corrected chi connectivity index (χ0v) is 75.0. The van der Waals surface area contributed by atoms with Gasteiger partial charge in [-0.25, -0.2) is 0 Å². The van der Waals surface area contributed by atoms with E-state index in [0.717, 1.165) is 16.7 Å². The van der Waals surface area contributed by atoms with E-state index in [0.29, 0.717) is 100 Å². The highest BCUT2D eigenvalue weighted by atomic mass is 35.5. The number of para-hydroxylation sites is 4. The van der Waals surface area contributed by atoms with Crippen molar-refractivity contribution in [3.8, 4) is 23.0 Å². The van der Waals surface area contributed by atoms with Gasteiger partial charge in [0.15, 0.2) is 5.82 Å². The van der Waals surface area contributed by atoms with Gasteiger partial charge in [0.05, 0.1) is 88.3 Å². The van der Waals surface area contributed by atoms with Gasteiger partial charge >= 0.3 is 5.97 Å². The van der Waals surface area contributed by atoms with Crippen molar-refractivity contribution >= 4 is 140 Å². The van der Waals surface area contributed by atoms with Crippen molar-refractivity contribution in [2.75, 3.05) is 118 Å². The molecule has 41 heteroatoms. The molecular weight excluding hydrogens is 1800 g/mol. The topological polar surface area (TPSA) is 444 Å². The zero-order valence-electron chi connectivity index (χ0n) is 72.0. The van der Waals surface area contributed by atoms with Crippen molar-refractivity contribution in [3.05, 3.63) is 258 Å². The summed E-state index contributed by atoms with van der Waals surface area (Å²) in [6, 6.07) is 47.6. The molecule has 0 bridgehead atoms. The molecule has 0 fully saturated rings. The number of aliphatic imine (C=N–C) groups is 1. The van der Waals surface area contributed by atoms with Crippen LogP contribution in [-0.4, -0.2) is 231 Å². The fourth-order valence-electron chi connectivity index (χ4n) is 14.1. The Morgan fingerprint density at radius 3 is 1.14 bits per heavy atom. The van der Waals surface area contributed by atoms with Gasteiger partial charge in [-0.2, -0.15) is 4.98 Å². The third-order valence-electron chi connectivity index (χ3n) is 20.3. The van der Waals surface area contributed by atoms with Crippen LogP contribution in [0, 0.1) is 13.8 Å². The fraction of sp³-hybridized carbons (Fsp3) is 0.297. The van der Waals surface area contributed by atoms with Gasteiger partial charge < -0.3 is 72.3 Å². The standard InChI is InChI=1S/C24H23ClN4O6.C23H24ClN3O5.C22H23ClN4O6.C22H21ClN4O5/c1-15-26-27-22(35-15)13-28-12-17-5-3-4-6-21(17)29(14-23(28)31)24(32)19-8-7-18(11-20(19)25)34-10-9-33-16(2)30;1-15-11-25-21(32-15)13-26-12-16-4-2-3-5-20(16)27(14-22(26)29)23(30)18-7-6-17(10-19(18)24)31-9-8-28;1-14(29)24-25-20(30)12-26-11-15-4-2-3-5-19(15)27(13-21(26)31)22(32)17-7-6-16(10-18(17)23)33-9-8-28;1-14-24-20(25-32-14)12-26-11-15-4-2-3-5-19(15)27(13-21(26)29)22(30)17-7-6-16(10-18(17)23)31-9-8-28/h3-8,11H,9-10,12-14H2,1-2H3;2-7,10,15,28H,8-9,11-14H2,1H3;2-7,10,28H,8-9,11-13H2,1H3,(H,24,29)(H,25,30);2-7,10,28H,8-9,11-13H2,1H3. The van der Waals surface area contributed by atoms with Gasteiger partial charge in [-0.05, 0) is 126 Å². The second-order valence-electron chi connectivity index (χ2n) is 29.9. The van der Waals surface area contributed by atoms with E-state index >= 15 is 0 Å². The molecule has 1 unspecified atom stereocenters. The second-order valence-corrected chi connectivity index (χ2v) is 31.5. The molecule has 5 aliphatic rings. The number of carbonyl (C=O) groups is 11. The summed E-state index contributed by atoms with van der Waals surface area (Å²) in [5.74, 6) is -0.498. The molecule has 2 aromatic heterocycles. The SMILES string of the molecule is CC(=O)NNC(=O)CN1Cc2ccccc2N(C(=O)c2ccc(OCCO)cc2Cl)CC1=O.CC(=O)OCCOc1ccc(C(=O)N2CC(=O)N(Cc3nnc(C)o3)Cc3ccccc32)c(Cl)c1.CC1CN=C(CN2Cc3ccccc3N(C(=O)c3ccc(OCCO)cc3Cl)CC2=O)O1.Cc1nc(CN2Cc3ccccc3N(C(=O)c3ccc(OCCO)cc3Cl)CC2=O)no1. The minimum Gasteiger partial charge on any atom is -0.491 e. The number of amides is 10. The summed E-state index contributed by atoms with van der Waals surface area (Å²) in [4.78, 5) is 160. The number of benzene rings is 8. The summed E-state index contributed by atoms with van der Waals surface area (Å²) in [5.41, 5.74) is 10.9. The first-order valence-corrected chi connectivity index (χ1v) is 42.7. The summed E-state index contributed by atoms with van der Waals surface area (Å²) in [6.07, 6.45) is 0.00362. The lowest BCUT2D eigenvalue weighted by Crippen LogP contribution is -2.48. The third-order valence-corrected chi connectivity index (χ3v) is 21.5. The average Bonchev–Trinajstić information content (AvgIpc) is 1.61. The van der Waals surface area contributed by atoms with E-state index in [-0.39, 0.29) is 190 Å². The van der Waals surface area contributed by atoms with Crippen LogP contribution in [0.2, 0.25) is 20.1 Å². The Labute approximate surface area is 776 Å². The second kappa shape index (κ2) is 45.9. The molecule has 5 aliphatic heterocycles. The molecule has 0 saturated heterocycles. The highest BCUT2D eigenvalue weighted by Crippen LogP contribution is 2.37. The maximum Gasteiger partial charge on any atom is 0.302 e. The quantitative estimate of drug-likeness (QED) is 0.0202. The number of hydrazine groups is 1. The maximum atomic E-state index is 13.5. The third kappa shape index (κ3) is 25.5. The van der Waals surface area contributed by atoms with Crippen molar-refractivity contribution in [2.45, 2.75) is 80.0 Å². The predicted molar refractivity (Wildman–Crippen MR) is 480 cm³/mol. The minimum atomic E-state index is -0.572. The number of aliphatic hydroxyl groups is 3. The van der Waals surface area contributed by atoms with Gasteiger partial charge in [-0.15, -0.1) is 10.2 Å². The Kier molecular flexibility index (Phi) is 33.8. The normalized spacial score (nSPS) is 14.5. The number of anilines is 4. The van der Waals surface area contributed by atoms with Crippen molar-refractivity contribution in [2.24, 2.45) is 4.99 Å². The highest BCUT2D eigenvalue weighted by Gasteiger charge is 2.38. The van der Waals surface area contributed by atoms with E-state index < -0.39 is 41.4 Å². The van der Waals surface area contributed by atoms with E-state index in [9.17, 15) is 52.7 Å². The largest absolute Gasteiger partial charge is 0.491 e. The number of esters is 1. The Balaban J connectivity index is 0.000000159. The number of aromatic nitrogens is 4. The summed E-state index contributed by atoms with van der Waals surface area (Å²) >= 11 is 25.4. The maximum absolute atomic E-state index is 13.5. The Bertz CT molecular complexity index is 5960. The molecule has 1 atom stereocenters. The van der Waals surface area contributed by atoms with Crippen LogP contribution >= 0.6 is 46.4 Å². The Morgan fingerprint density at radius 2 is 0.803 bits per heavy atom. The molecule has 8 aromatic carbocycles. The smallest absolute Gasteiger partial charge is 0.302 e. The molecule has 10 amide bonds. The van der Waals surface area contributed by atoms with Crippen molar-refractivity contribution in [3.63, 3.8) is 0 Å². The number of hydrogen-bond donors (Lipinski definition) is 5. The number of nitrogens with one attached hydrogen (secondary N) is 2. The number of aliphatic hydroxyl groups excluding tert-OH is 3. The first-order valence-electron chi connectivity index (χ1n) is 41.2. The van der Waals surface area contributed by atoms with Crippen LogP contribution in [0.15, 0.2) is 184 Å². The van der Waals surface area contributed by atoms with Crippen LogP contribution in [0.1, 0.15) is 108 Å². The van der Waals surface area contributed by atoms with Gasteiger partial charge in [0, 0.05) is 76.6 Å². The lowest BCUT2D eigenvalue weighted by Gasteiger charge is -2.23. The molecule has 0 spiro atoms. The van der Waals surface area contributed by atoms with Crippen molar-refractivity contribution < 1.29 is 105 Å². The molecule has 37 nitrogen and oxygen atoms in total. The Morgan fingerprint density at radius 1 is 0.439 bits per heavy atom. The van der Waals surface area contributed by atoms with Gasteiger partial charge in [0.2, 0.25) is 53.1 Å². The molecule has 7 heterocycles. The van der Waals surface area contributed by atoms with Gasteiger partial charge in [0.25, 0.3) is 29.5 Å². The molecule has 132 heavy (non-hydrogen) atoms. The molecule has 0 aliphatic carbocycles. The summed E-state index contributed by atoms with van der Waals surface area (Å²) in [7, 11) is 0. The van der Waals surface area contributed by atoms with Gasteiger partial charge in [-0.1, -0.05) is 124 Å². The fourth-order valence-corrected chi connectivity index (χ4v) is 15.1. The predicted octanol–water partition coefficient (Wildman–Crippen LogP) is 9.14. The lowest BCUT2D eigenvalue weighted by atomic mass is 10.1. The zero-order chi connectivity index (χ0) is 94.2. The monoisotopic (exact) mass is 1890 g/mol. The van der Waals surface area contributed by atoms with Crippen molar-refractivity contribution in [1.82, 2.24) is 50.8 Å². The van der Waals surface area contributed by atoms with Crippen LogP contribution in [-0.2, 0) is 82.3 Å². The molecule has 10 aromatic rings. The van der Waals surface area contributed by atoms with Crippen molar-refractivity contribution in [1.29, 1.82) is 0 Å². The van der Waals surface area contributed by atoms with Crippen LogP contribution < -0.4 is 49.4 Å². The van der Waals surface area contributed by atoms with Crippen LogP contribution in [0.4, 0.5) is 22.7 Å². The van der Waals surface area contributed by atoms with Gasteiger partial charge in [-0.3, -0.25) is 88.2 Å². The first kappa shape index (κ1) is 97.0.